The van der Waals surface area contributed by atoms with Crippen LogP contribution in [0.1, 0.15) is 23.1 Å². The molecule has 2 heterocycles. The van der Waals surface area contributed by atoms with Crippen molar-refractivity contribution in [3.05, 3.63) is 58.5 Å². The number of hydrogen-bond acceptors (Lipinski definition) is 8. The van der Waals surface area contributed by atoms with Crippen LogP contribution in [0.25, 0.3) is 11.4 Å². The van der Waals surface area contributed by atoms with E-state index in [1.54, 1.807) is 32.0 Å². The predicted molar refractivity (Wildman–Crippen MR) is 99.7 cm³/mol. The number of nitrogens with one attached hydrogen (secondary N) is 1. The van der Waals surface area contributed by atoms with Gasteiger partial charge in [-0.2, -0.15) is 0 Å². The van der Waals surface area contributed by atoms with Gasteiger partial charge in [0.1, 0.15) is 23.4 Å². The number of aldehydes is 1. The largest absolute Gasteiger partial charge is 0.488 e. The van der Waals surface area contributed by atoms with Crippen LogP contribution in [0.2, 0.25) is 0 Å². The van der Waals surface area contributed by atoms with E-state index in [4.69, 9.17) is 9.47 Å². The van der Waals surface area contributed by atoms with Crippen LogP contribution in [-0.4, -0.2) is 44.0 Å². The number of aliphatic hydroxyl groups excluding tert-OH is 1. The number of aryl methyl sites for hydroxylation is 1. The first-order chi connectivity index (χ1) is 13.5. The highest BCUT2D eigenvalue weighted by molar-refractivity contribution is 5.68. The van der Waals surface area contributed by atoms with E-state index in [1.807, 2.05) is 0 Å². The number of hydrogen-bond donors (Lipinski definition) is 2. The molecule has 2 aromatic heterocycles. The summed E-state index contributed by atoms with van der Waals surface area (Å²) in [7, 11) is 0. The zero-order valence-corrected chi connectivity index (χ0v) is 15.2. The molecule has 28 heavy (non-hydrogen) atoms. The Labute approximate surface area is 160 Å². The molecule has 0 amide bonds. The van der Waals surface area contributed by atoms with Gasteiger partial charge in [0.2, 0.25) is 0 Å². The summed E-state index contributed by atoms with van der Waals surface area (Å²) >= 11 is 0. The Bertz CT molecular complexity index is 1030. The molecular weight excluding hydrogens is 364 g/mol. The number of nitrogens with zero attached hydrogens (tertiary/aromatic N) is 3. The summed E-state index contributed by atoms with van der Waals surface area (Å²) in [5, 5.41) is 9.24. The highest BCUT2D eigenvalue weighted by atomic mass is 16.5. The summed E-state index contributed by atoms with van der Waals surface area (Å²) in [5.41, 5.74) is 0.800. The van der Waals surface area contributed by atoms with Gasteiger partial charge in [-0.1, -0.05) is 0 Å². The Morgan fingerprint density at radius 3 is 2.46 bits per heavy atom. The van der Waals surface area contributed by atoms with Crippen molar-refractivity contribution in [1.82, 2.24) is 19.9 Å². The van der Waals surface area contributed by atoms with Gasteiger partial charge in [-0.25, -0.2) is 15.0 Å². The number of carbonyl (C=O) groups is 1. The summed E-state index contributed by atoms with van der Waals surface area (Å²) in [6.45, 7) is 3.21. The molecule has 2 N–H and O–H groups in total. The lowest BCUT2D eigenvalue weighted by Crippen LogP contribution is -2.16. The van der Waals surface area contributed by atoms with Crippen LogP contribution in [0.15, 0.2) is 41.6 Å². The van der Waals surface area contributed by atoms with Gasteiger partial charge in [0.05, 0.1) is 19.0 Å². The number of benzene rings is 1. The van der Waals surface area contributed by atoms with Gasteiger partial charge in [0, 0.05) is 23.4 Å². The molecule has 0 radical (unpaired) electrons. The average molecular weight is 382 g/mol. The molecule has 1 atom stereocenters. The lowest BCUT2D eigenvalue weighted by Gasteiger charge is -2.15. The molecule has 0 aliphatic rings. The number of H-pyrrole nitrogens is 1. The monoisotopic (exact) mass is 382 g/mol. The molecule has 0 bridgehead atoms. The minimum atomic E-state index is -0.441. The minimum absolute atomic E-state index is 0.0447. The van der Waals surface area contributed by atoms with Crippen molar-refractivity contribution >= 4 is 6.29 Å². The second-order valence-corrected chi connectivity index (χ2v) is 6.04. The molecule has 1 unspecified atom stereocenters. The maximum absolute atomic E-state index is 11.9. The second-order valence-electron chi connectivity index (χ2n) is 6.04. The Balaban J connectivity index is 1.99. The fraction of sp³-hybridized carbons (Fsp3) is 0.211. The van der Waals surface area contributed by atoms with Crippen LogP contribution >= 0.6 is 0 Å². The predicted octanol–water partition coefficient (Wildman–Crippen LogP) is 1.90. The molecule has 144 valence electrons. The molecule has 3 rings (SSSR count). The van der Waals surface area contributed by atoms with E-state index in [0.717, 1.165) is 0 Å². The third-order valence-corrected chi connectivity index (χ3v) is 3.71. The Morgan fingerprint density at radius 2 is 1.82 bits per heavy atom. The van der Waals surface area contributed by atoms with Crippen LogP contribution in [-0.2, 0) is 0 Å². The van der Waals surface area contributed by atoms with Crippen LogP contribution in [0.5, 0.6) is 17.2 Å². The van der Waals surface area contributed by atoms with Crippen molar-refractivity contribution in [2.75, 3.05) is 6.61 Å². The van der Waals surface area contributed by atoms with E-state index in [0.29, 0.717) is 40.5 Å². The molecule has 3 aromatic rings. The zero-order chi connectivity index (χ0) is 20.1. The first kappa shape index (κ1) is 19.2. The molecule has 9 heteroatoms. The second kappa shape index (κ2) is 8.40. The topological polar surface area (TPSA) is 127 Å². The van der Waals surface area contributed by atoms with Crippen molar-refractivity contribution < 1.29 is 19.4 Å². The van der Waals surface area contributed by atoms with Gasteiger partial charge < -0.3 is 19.6 Å². The van der Waals surface area contributed by atoms with Crippen LogP contribution in [0.3, 0.4) is 0 Å². The summed E-state index contributed by atoms with van der Waals surface area (Å²) in [5.74, 6) is 1.50. The molecule has 0 aliphatic carbocycles. The fourth-order valence-electron chi connectivity index (χ4n) is 2.29. The van der Waals surface area contributed by atoms with E-state index in [9.17, 15) is 14.7 Å². The van der Waals surface area contributed by atoms with Crippen molar-refractivity contribution in [1.29, 1.82) is 0 Å². The number of aliphatic hydroxyl groups is 1. The maximum atomic E-state index is 11.9. The average Bonchev–Trinajstić information content (AvgIpc) is 2.70. The molecule has 1 aromatic carbocycles. The highest BCUT2D eigenvalue weighted by Gasteiger charge is 2.11. The summed E-state index contributed by atoms with van der Waals surface area (Å²) in [6, 6.07) is 4.96. The number of rotatable bonds is 7. The van der Waals surface area contributed by atoms with E-state index < -0.39 is 6.10 Å². The van der Waals surface area contributed by atoms with E-state index >= 15 is 0 Å². The standard InChI is InChI=1S/C19H18N4O5/c1-11-6-22-18(23-19(11)26)13-3-14(27-12(2)9-24)5-15(4-13)28-16-7-20-17(10-25)21-8-16/h3-8,10,12,24H,9H2,1-2H3,(H,22,23,26). The Morgan fingerprint density at radius 1 is 1.11 bits per heavy atom. The molecule has 0 saturated heterocycles. The minimum Gasteiger partial charge on any atom is -0.488 e. The van der Waals surface area contributed by atoms with Gasteiger partial charge in [-0.05, 0) is 26.0 Å². The SMILES string of the molecule is Cc1cnc(-c2cc(Oc3cnc(C=O)nc3)cc(OC(C)CO)c2)[nH]c1=O. The van der Waals surface area contributed by atoms with Gasteiger partial charge in [-0.3, -0.25) is 9.59 Å². The molecule has 9 nitrogen and oxygen atoms in total. The quantitative estimate of drug-likeness (QED) is 0.593. The smallest absolute Gasteiger partial charge is 0.254 e. The van der Waals surface area contributed by atoms with Crippen LogP contribution < -0.4 is 15.0 Å². The normalized spacial score (nSPS) is 11.7. The Kier molecular flexibility index (Phi) is 5.75. The van der Waals surface area contributed by atoms with Crippen molar-refractivity contribution in [3.8, 4) is 28.6 Å². The highest BCUT2D eigenvalue weighted by Crippen LogP contribution is 2.31. The van der Waals surface area contributed by atoms with Crippen molar-refractivity contribution in [3.63, 3.8) is 0 Å². The third-order valence-electron chi connectivity index (χ3n) is 3.71. The van der Waals surface area contributed by atoms with E-state index in [-0.39, 0.29) is 18.0 Å². The van der Waals surface area contributed by atoms with Gasteiger partial charge in [0.25, 0.3) is 5.56 Å². The van der Waals surface area contributed by atoms with Gasteiger partial charge in [0.15, 0.2) is 17.9 Å². The van der Waals surface area contributed by atoms with E-state index in [2.05, 4.69) is 19.9 Å². The molecule has 0 aliphatic heterocycles. The number of carbonyl (C=O) groups excluding carboxylic acids is 1. The van der Waals surface area contributed by atoms with Gasteiger partial charge >= 0.3 is 0 Å². The van der Waals surface area contributed by atoms with E-state index in [1.165, 1.54) is 18.6 Å². The van der Waals surface area contributed by atoms with Gasteiger partial charge in [-0.15, -0.1) is 0 Å². The molecular formula is C19H18N4O5. The molecule has 0 spiro atoms. The van der Waals surface area contributed by atoms with Crippen LogP contribution in [0, 0.1) is 6.92 Å². The first-order valence-electron chi connectivity index (χ1n) is 8.42. The maximum Gasteiger partial charge on any atom is 0.254 e. The third kappa shape index (κ3) is 4.57. The first-order valence-corrected chi connectivity index (χ1v) is 8.42. The fourth-order valence-corrected chi connectivity index (χ4v) is 2.29. The lowest BCUT2D eigenvalue weighted by atomic mass is 10.1. The summed E-state index contributed by atoms with van der Waals surface area (Å²) in [6.07, 6.45) is 4.30. The Hall–Kier alpha value is -3.59. The number of aromatic nitrogens is 4. The molecule has 0 fully saturated rings. The zero-order valence-electron chi connectivity index (χ0n) is 15.2. The van der Waals surface area contributed by atoms with Crippen LogP contribution in [0.4, 0.5) is 0 Å². The number of ether oxygens (including phenoxy) is 2. The van der Waals surface area contributed by atoms with Crippen molar-refractivity contribution in [2.45, 2.75) is 20.0 Å². The number of aromatic amines is 1. The van der Waals surface area contributed by atoms with Crippen molar-refractivity contribution in [2.24, 2.45) is 0 Å². The summed E-state index contributed by atoms with van der Waals surface area (Å²) < 4.78 is 11.4. The summed E-state index contributed by atoms with van der Waals surface area (Å²) in [4.78, 5) is 37.2. The molecule has 0 saturated carbocycles. The lowest BCUT2D eigenvalue weighted by molar-refractivity contribution is 0.111.